The molecule has 0 saturated carbocycles. The number of nitrogens with one attached hydrogen (secondary N) is 1. The first-order chi connectivity index (χ1) is 10.4. The number of carboxylic acid groups (broad SMARTS) is 1. The van der Waals surface area contributed by atoms with Gasteiger partial charge in [-0.15, -0.1) is 11.3 Å². The lowest BCUT2D eigenvalue weighted by Gasteiger charge is -2.13. The third kappa shape index (κ3) is 4.40. The Hall–Kier alpha value is -1.70. The molecule has 118 valence electrons. The first-order valence-electron chi connectivity index (χ1n) is 6.75. The van der Waals surface area contributed by atoms with E-state index in [-0.39, 0.29) is 17.4 Å². The van der Waals surface area contributed by atoms with Gasteiger partial charge in [-0.3, -0.25) is 4.79 Å². The van der Waals surface area contributed by atoms with Crippen LogP contribution in [-0.4, -0.2) is 19.5 Å². The van der Waals surface area contributed by atoms with Crippen molar-refractivity contribution in [2.45, 2.75) is 30.7 Å². The van der Waals surface area contributed by atoms with Gasteiger partial charge in [0.05, 0.1) is 10.9 Å². The molecular weight excluding hydrogens is 322 g/mol. The van der Waals surface area contributed by atoms with Gasteiger partial charge in [-0.05, 0) is 42.5 Å². The minimum atomic E-state index is -3.59. The minimum Gasteiger partial charge on any atom is -0.481 e. The summed E-state index contributed by atoms with van der Waals surface area (Å²) in [5.74, 6) is -0.872. The van der Waals surface area contributed by atoms with Gasteiger partial charge in [0.1, 0.15) is 0 Å². The third-order valence-corrected chi connectivity index (χ3v) is 5.77. The van der Waals surface area contributed by atoms with E-state index in [1.807, 2.05) is 17.5 Å². The molecule has 2 N–H and O–H groups in total. The van der Waals surface area contributed by atoms with Crippen molar-refractivity contribution >= 4 is 27.3 Å². The van der Waals surface area contributed by atoms with Gasteiger partial charge in [0.25, 0.3) is 0 Å². The Morgan fingerprint density at radius 3 is 2.50 bits per heavy atom. The molecular formula is C15H17NO4S2. The third-order valence-electron chi connectivity index (χ3n) is 3.16. The molecule has 1 aromatic carbocycles. The lowest BCUT2D eigenvalue weighted by molar-refractivity contribution is -0.136. The zero-order chi connectivity index (χ0) is 16.2. The molecule has 22 heavy (non-hydrogen) atoms. The van der Waals surface area contributed by atoms with Gasteiger partial charge < -0.3 is 5.11 Å². The van der Waals surface area contributed by atoms with Crippen LogP contribution in [0.15, 0.2) is 46.7 Å². The number of thiophene rings is 1. The highest BCUT2D eigenvalue weighted by molar-refractivity contribution is 7.89. The van der Waals surface area contributed by atoms with E-state index in [4.69, 9.17) is 5.11 Å². The Morgan fingerprint density at radius 1 is 1.27 bits per heavy atom. The topological polar surface area (TPSA) is 83.5 Å². The Bertz CT molecular complexity index is 721. The fraction of sp³-hybridized carbons (Fsp3) is 0.267. The number of sulfonamides is 1. The van der Waals surface area contributed by atoms with Crippen molar-refractivity contribution in [3.8, 4) is 0 Å². The number of benzene rings is 1. The highest BCUT2D eigenvalue weighted by atomic mass is 32.2. The maximum atomic E-state index is 12.3. The van der Waals surface area contributed by atoms with Crippen LogP contribution < -0.4 is 4.72 Å². The SMILES string of the molecule is C[C@@H](NS(=O)(=O)c1ccc(CCC(=O)O)cc1)c1cccs1. The van der Waals surface area contributed by atoms with Crippen molar-refractivity contribution < 1.29 is 18.3 Å². The van der Waals surface area contributed by atoms with Crippen molar-refractivity contribution in [2.75, 3.05) is 0 Å². The van der Waals surface area contributed by atoms with Crippen LogP contribution in [0, 0.1) is 0 Å². The number of aryl methyl sites for hydroxylation is 1. The molecule has 5 nitrogen and oxygen atoms in total. The second-order valence-electron chi connectivity index (χ2n) is 4.90. The highest BCUT2D eigenvalue weighted by Gasteiger charge is 2.18. The second-order valence-corrected chi connectivity index (χ2v) is 7.59. The van der Waals surface area contributed by atoms with E-state index in [1.54, 1.807) is 19.1 Å². The maximum absolute atomic E-state index is 12.3. The summed E-state index contributed by atoms with van der Waals surface area (Å²) in [6.07, 6.45) is 0.411. The normalized spacial score (nSPS) is 13.0. The highest BCUT2D eigenvalue weighted by Crippen LogP contribution is 2.21. The molecule has 2 aromatic rings. The molecule has 0 aliphatic rings. The molecule has 1 aromatic heterocycles. The van der Waals surface area contributed by atoms with Crippen LogP contribution in [0.3, 0.4) is 0 Å². The van der Waals surface area contributed by atoms with Crippen molar-refractivity contribution in [1.82, 2.24) is 4.72 Å². The molecule has 0 spiro atoms. The molecule has 1 heterocycles. The van der Waals surface area contributed by atoms with E-state index in [0.717, 1.165) is 10.4 Å². The zero-order valence-corrected chi connectivity index (χ0v) is 13.7. The smallest absolute Gasteiger partial charge is 0.303 e. The van der Waals surface area contributed by atoms with Crippen molar-refractivity contribution in [1.29, 1.82) is 0 Å². The van der Waals surface area contributed by atoms with E-state index in [2.05, 4.69) is 4.72 Å². The maximum Gasteiger partial charge on any atom is 0.303 e. The molecule has 2 rings (SSSR count). The first-order valence-corrected chi connectivity index (χ1v) is 9.11. The minimum absolute atomic E-state index is 0.0275. The van der Waals surface area contributed by atoms with Gasteiger partial charge in [-0.25, -0.2) is 13.1 Å². The van der Waals surface area contributed by atoms with Crippen molar-refractivity contribution in [2.24, 2.45) is 0 Å². The molecule has 0 radical (unpaired) electrons. The first kappa shape index (κ1) is 16.7. The zero-order valence-electron chi connectivity index (χ0n) is 12.0. The summed E-state index contributed by atoms with van der Waals surface area (Å²) in [7, 11) is -3.59. The molecule has 0 fully saturated rings. The van der Waals surface area contributed by atoms with Crippen LogP contribution in [0.1, 0.15) is 29.8 Å². The molecule has 0 aliphatic heterocycles. The predicted molar refractivity (Wildman–Crippen MR) is 85.5 cm³/mol. The summed E-state index contributed by atoms with van der Waals surface area (Å²) < 4.78 is 27.3. The molecule has 0 unspecified atom stereocenters. The lowest BCUT2D eigenvalue weighted by Crippen LogP contribution is -2.26. The molecule has 0 aliphatic carbocycles. The van der Waals surface area contributed by atoms with E-state index in [1.165, 1.54) is 23.5 Å². The molecule has 0 saturated heterocycles. The summed E-state index contributed by atoms with van der Waals surface area (Å²) in [6, 6.07) is 9.76. The Labute approximate surface area is 133 Å². The van der Waals surface area contributed by atoms with Crippen LogP contribution in [-0.2, 0) is 21.2 Å². The quantitative estimate of drug-likeness (QED) is 0.812. The summed E-state index contributed by atoms with van der Waals surface area (Å²) in [5, 5.41) is 10.5. The standard InChI is InChI=1S/C15H17NO4S2/c1-11(14-3-2-10-21-14)16-22(19,20)13-7-4-12(5-8-13)6-9-15(17)18/h2-5,7-8,10-11,16H,6,9H2,1H3,(H,17,18)/t11-/m1/s1. The van der Waals surface area contributed by atoms with Crippen molar-refractivity contribution in [3.63, 3.8) is 0 Å². The van der Waals surface area contributed by atoms with Crippen LogP contribution in [0.5, 0.6) is 0 Å². The molecule has 7 heteroatoms. The molecule has 0 amide bonds. The van der Waals surface area contributed by atoms with Crippen LogP contribution in [0.4, 0.5) is 0 Å². The average molecular weight is 339 g/mol. The number of aliphatic carboxylic acids is 1. The summed E-state index contributed by atoms with van der Waals surface area (Å²) in [6.45, 7) is 1.80. The largest absolute Gasteiger partial charge is 0.481 e. The van der Waals surface area contributed by atoms with E-state index >= 15 is 0 Å². The molecule has 1 atom stereocenters. The van der Waals surface area contributed by atoms with E-state index in [9.17, 15) is 13.2 Å². The monoisotopic (exact) mass is 339 g/mol. The number of carboxylic acids is 1. The Kier molecular flexibility index (Phi) is 5.33. The van der Waals surface area contributed by atoms with Gasteiger partial charge >= 0.3 is 5.97 Å². The fourth-order valence-electron chi connectivity index (χ4n) is 1.98. The van der Waals surface area contributed by atoms with Crippen LogP contribution >= 0.6 is 11.3 Å². The molecule has 0 bridgehead atoms. The second kappa shape index (κ2) is 7.04. The van der Waals surface area contributed by atoms with Gasteiger partial charge in [-0.1, -0.05) is 18.2 Å². The Morgan fingerprint density at radius 2 is 1.95 bits per heavy atom. The van der Waals surface area contributed by atoms with Crippen molar-refractivity contribution in [3.05, 3.63) is 52.2 Å². The summed E-state index contributed by atoms with van der Waals surface area (Å²) in [5.41, 5.74) is 0.799. The average Bonchev–Trinajstić information content (AvgIpc) is 2.99. The van der Waals surface area contributed by atoms with Crippen LogP contribution in [0.25, 0.3) is 0 Å². The lowest BCUT2D eigenvalue weighted by atomic mass is 10.1. The summed E-state index contributed by atoms with van der Waals surface area (Å²) >= 11 is 1.50. The number of carbonyl (C=O) groups is 1. The van der Waals surface area contributed by atoms with Gasteiger partial charge in [0.2, 0.25) is 10.0 Å². The van der Waals surface area contributed by atoms with Gasteiger partial charge in [0, 0.05) is 11.3 Å². The van der Waals surface area contributed by atoms with Crippen LogP contribution in [0.2, 0.25) is 0 Å². The van der Waals surface area contributed by atoms with Gasteiger partial charge in [-0.2, -0.15) is 0 Å². The van der Waals surface area contributed by atoms with E-state index < -0.39 is 16.0 Å². The fourth-order valence-corrected chi connectivity index (χ4v) is 4.01. The van der Waals surface area contributed by atoms with Gasteiger partial charge in [0.15, 0.2) is 0 Å². The Balaban J connectivity index is 2.07. The number of hydrogen-bond donors (Lipinski definition) is 2. The number of hydrogen-bond acceptors (Lipinski definition) is 4. The van der Waals surface area contributed by atoms with E-state index in [0.29, 0.717) is 6.42 Å². The summed E-state index contributed by atoms with van der Waals surface area (Å²) in [4.78, 5) is 11.6. The number of rotatable bonds is 7. The predicted octanol–water partition coefficient (Wildman–Crippen LogP) is 2.80.